The van der Waals surface area contributed by atoms with E-state index in [0.29, 0.717) is 6.42 Å². The molecule has 1 aromatic carbocycles. The van der Waals surface area contributed by atoms with Crippen LogP contribution in [0.2, 0.25) is 0 Å². The lowest BCUT2D eigenvalue weighted by Crippen LogP contribution is -2.42. The van der Waals surface area contributed by atoms with Gasteiger partial charge in [0.1, 0.15) is 0 Å². The molecule has 3 rings (SSSR count). The molecule has 0 radical (unpaired) electrons. The monoisotopic (exact) mass is 298 g/mol. The van der Waals surface area contributed by atoms with E-state index in [1.54, 1.807) is 13.1 Å². The number of fused-ring (bicyclic) bond motifs is 1. The smallest absolute Gasteiger partial charge is 0.319 e. The molecule has 2 amide bonds. The summed E-state index contributed by atoms with van der Waals surface area (Å²) in [6.07, 6.45) is 2.22. The molecule has 114 valence electrons. The molecule has 0 aliphatic heterocycles. The highest BCUT2D eigenvalue weighted by Gasteiger charge is 2.22. The quantitative estimate of drug-likeness (QED) is 0.881. The number of carbonyl (C=O) groups is 1. The maximum absolute atomic E-state index is 12.0. The first kappa shape index (κ1) is 14.3. The zero-order chi connectivity index (χ0) is 15.5. The summed E-state index contributed by atoms with van der Waals surface area (Å²) in [6.45, 7) is 0. The zero-order valence-corrected chi connectivity index (χ0v) is 12.4. The molecule has 1 aliphatic rings. The number of para-hydroxylation sites is 1. The van der Waals surface area contributed by atoms with Crippen molar-refractivity contribution in [3.8, 4) is 0 Å². The van der Waals surface area contributed by atoms with E-state index in [2.05, 4.69) is 15.7 Å². The number of aromatic nitrogens is 2. The van der Waals surface area contributed by atoms with Gasteiger partial charge in [-0.3, -0.25) is 4.79 Å². The van der Waals surface area contributed by atoms with Crippen LogP contribution in [0.1, 0.15) is 17.7 Å². The first-order valence-electron chi connectivity index (χ1n) is 7.30. The van der Waals surface area contributed by atoms with Gasteiger partial charge >= 0.3 is 6.03 Å². The second-order valence-corrected chi connectivity index (χ2v) is 5.48. The van der Waals surface area contributed by atoms with Crippen molar-refractivity contribution in [2.45, 2.75) is 25.3 Å². The van der Waals surface area contributed by atoms with Crippen LogP contribution < -0.4 is 16.2 Å². The molecule has 1 atom stereocenters. The van der Waals surface area contributed by atoms with Crippen LogP contribution in [-0.2, 0) is 19.9 Å². The molecule has 22 heavy (non-hydrogen) atoms. The second-order valence-electron chi connectivity index (χ2n) is 5.48. The third kappa shape index (κ3) is 3.16. The van der Waals surface area contributed by atoms with Crippen LogP contribution in [0.3, 0.4) is 0 Å². The lowest BCUT2D eigenvalue weighted by Gasteiger charge is -2.24. The number of nitrogens with one attached hydrogen (secondary N) is 2. The van der Waals surface area contributed by atoms with Crippen LogP contribution in [0.5, 0.6) is 0 Å². The van der Waals surface area contributed by atoms with Crippen molar-refractivity contribution in [2.75, 3.05) is 5.32 Å². The van der Waals surface area contributed by atoms with Crippen molar-refractivity contribution < 1.29 is 4.79 Å². The van der Waals surface area contributed by atoms with Crippen molar-refractivity contribution in [1.82, 2.24) is 15.1 Å². The van der Waals surface area contributed by atoms with Gasteiger partial charge in [-0.2, -0.15) is 5.10 Å². The molecule has 0 fully saturated rings. The molecule has 1 aromatic heterocycles. The largest absolute Gasteiger partial charge is 0.335 e. The van der Waals surface area contributed by atoms with Gasteiger partial charge in [-0.15, -0.1) is 0 Å². The highest BCUT2D eigenvalue weighted by Crippen LogP contribution is 2.18. The molecule has 0 spiro atoms. The van der Waals surface area contributed by atoms with E-state index in [1.807, 2.05) is 30.3 Å². The van der Waals surface area contributed by atoms with Crippen LogP contribution in [0.4, 0.5) is 10.5 Å². The Morgan fingerprint density at radius 2 is 2.09 bits per heavy atom. The fourth-order valence-corrected chi connectivity index (χ4v) is 2.68. The molecule has 6 nitrogen and oxygen atoms in total. The molecule has 1 aliphatic carbocycles. The van der Waals surface area contributed by atoms with E-state index in [-0.39, 0.29) is 17.6 Å². The Balaban J connectivity index is 1.64. The van der Waals surface area contributed by atoms with E-state index in [4.69, 9.17) is 0 Å². The second kappa shape index (κ2) is 6.01. The van der Waals surface area contributed by atoms with E-state index < -0.39 is 0 Å². The molecule has 0 saturated carbocycles. The number of carbonyl (C=O) groups excluding carboxylic acids is 1. The minimum atomic E-state index is -0.226. The molecular formula is C16H18N4O2. The third-order valence-electron chi connectivity index (χ3n) is 3.82. The average Bonchev–Trinajstić information content (AvgIpc) is 2.49. The average molecular weight is 298 g/mol. The summed E-state index contributed by atoms with van der Waals surface area (Å²) < 4.78 is 1.36. The minimum absolute atomic E-state index is 0.0186. The van der Waals surface area contributed by atoms with Gasteiger partial charge in [0.2, 0.25) is 0 Å². The summed E-state index contributed by atoms with van der Waals surface area (Å²) in [5.74, 6) is 0. The Kier molecular flexibility index (Phi) is 3.91. The van der Waals surface area contributed by atoms with Crippen LogP contribution in [0, 0.1) is 0 Å². The lowest BCUT2D eigenvalue weighted by atomic mass is 9.92. The number of rotatable bonds is 2. The highest BCUT2D eigenvalue weighted by molar-refractivity contribution is 5.89. The van der Waals surface area contributed by atoms with E-state index in [9.17, 15) is 9.59 Å². The van der Waals surface area contributed by atoms with Crippen LogP contribution >= 0.6 is 0 Å². The maximum atomic E-state index is 12.0. The molecule has 2 N–H and O–H groups in total. The fraction of sp³-hybridized carbons (Fsp3) is 0.312. The maximum Gasteiger partial charge on any atom is 0.319 e. The summed E-state index contributed by atoms with van der Waals surface area (Å²) >= 11 is 0. The zero-order valence-electron chi connectivity index (χ0n) is 12.4. The lowest BCUT2D eigenvalue weighted by molar-refractivity contribution is 0.247. The first-order chi connectivity index (χ1) is 10.6. The van der Waals surface area contributed by atoms with Crippen molar-refractivity contribution in [2.24, 2.45) is 7.05 Å². The Morgan fingerprint density at radius 3 is 2.86 bits per heavy atom. The van der Waals surface area contributed by atoms with Gasteiger partial charge in [0.05, 0.1) is 5.69 Å². The number of urea groups is 1. The number of benzene rings is 1. The first-order valence-corrected chi connectivity index (χ1v) is 7.30. The summed E-state index contributed by atoms with van der Waals surface area (Å²) in [7, 11) is 1.65. The Labute approximate surface area is 128 Å². The number of hydrogen-bond donors (Lipinski definition) is 2. The topological polar surface area (TPSA) is 76.0 Å². The number of aryl methyl sites for hydroxylation is 2. The normalized spacial score (nSPS) is 16.7. The number of amides is 2. The Hall–Kier alpha value is -2.63. The molecule has 2 aromatic rings. The Morgan fingerprint density at radius 1 is 1.32 bits per heavy atom. The summed E-state index contributed by atoms with van der Waals surface area (Å²) in [4.78, 5) is 23.7. The summed E-state index contributed by atoms with van der Waals surface area (Å²) in [6, 6.07) is 10.7. The van der Waals surface area contributed by atoms with Crippen molar-refractivity contribution in [3.05, 3.63) is 58.0 Å². The van der Waals surface area contributed by atoms with Crippen LogP contribution in [-0.4, -0.2) is 21.9 Å². The van der Waals surface area contributed by atoms with E-state index >= 15 is 0 Å². The third-order valence-corrected chi connectivity index (χ3v) is 3.82. The van der Waals surface area contributed by atoms with Gasteiger partial charge in [-0.05, 0) is 37.0 Å². The van der Waals surface area contributed by atoms with Gasteiger partial charge in [-0.25, -0.2) is 9.48 Å². The number of nitrogens with zero attached hydrogens (tertiary/aromatic N) is 2. The fourth-order valence-electron chi connectivity index (χ4n) is 2.68. The predicted molar refractivity (Wildman–Crippen MR) is 83.9 cm³/mol. The van der Waals surface area contributed by atoms with Crippen LogP contribution in [0.15, 0.2) is 41.2 Å². The van der Waals surface area contributed by atoms with E-state index in [1.165, 1.54) is 4.68 Å². The molecular weight excluding hydrogens is 280 g/mol. The van der Waals surface area contributed by atoms with Gasteiger partial charge in [0.15, 0.2) is 0 Å². The van der Waals surface area contributed by atoms with Crippen LogP contribution in [0.25, 0.3) is 0 Å². The summed E-state index contributed by atoms with van der Waals surface area (Å²) in [5, 5.41) is 10.0. The molecule has 6 heteroatoms. The standard InChI is InChI=1S/C16H18N4O2/c1-20-15(21)10-11-9-13(7-8-14(11)19-20)18-16(22)17-12-5-3-2-4-6-12/h2-6,10,13H,7-9H2,1H3,(H2,17,18,22). The Bertz CT molecular complexity index is 740. The van der Waals surface area contributed by atoms with Gasteiger partial charge in [-0.1, -0.05) is 18.2 Å². The molecule has 1 heterocycles. The molecule has 0 bridgehead atoms. The molecule has 1 unspecified atom stereocenters. The highest BCUT2D eigenvalue weighted by atomic mass is 16.2. The predicted octanol–water partition coefficient (Wildman–Crippen LogP) is 1.46. The van der Waals surface area contributed by atoms with Crippen molar-refractivity contribution in [3.63, 3.8) is 0 Å². The van der Waals surface area contributed by atoms with Crippen molar-refractivity contribution in [1.29, 1.82) is 0 Å². The van der Waals surface area contributed by atoms with Gasteiger partial charge in [0.25, 0.3) is 5.56 Å². The minimum Gasteiger partial charge on any atom is -0.335 e. The van der Waals surface area contributed by atoms with Gasteiger partial charge < -0.3 is 10.6 Å². The summed E-state index contributed by atoms with van der Waals surface area (Å²) in [5.41, 5.74) is 2.52. The number of anilines is 1. The molecule has 0 saturated heterocycles. The van der Waals surface area contributed by atoms with Crippen molar-refractivity contribution >= 4 is 11.7 Å². The number of hydrogen-bond acceptors (Lipinski definition) is 3. The SMILES string of the molecule is Cn1nc2c(cc1=O)CC(NC(=O)Nc1ccccc1)CC2. The van der Waals surface area contributed by atoms with Gasteiger partial charge in [0, 0.05) is 24.8 Å². The van der Waals surface area contributed by atoms with E-state index in [0.717, 1.165) is 29.8 Å².